The first-order valence-electron chi connectivity index (χ1n) is 7.26. The summed E-state index contributed by atoms with van der Waals surface area (Å²) in [4.78, 5) is 12.6. The molecule has 124 valence electrons. The zero-order chi connectivity index (χ0) is 16.6. The summed E-state index contributed by atoms with van der Waals surface area (Å²) in [5.74, 6) is 0.535. The minimum absolute atomic E-state index is 0.00726. The highest BCUT2D eigenvalue weighted by atomic mass is 16.6. The number of aromatic nitrogens is 4. The third kappa shape index (κ3) is 2.68. The molecule has 9 nitrogen and oxygen atoms in total. The van der Waals surface area contributed by atoms with Gasteiger partial charge in [0, 0.05) is 6.04 Å². The normalized spacial score (nSPS) is 28.9. The number of hydrogen-bond acceptors (Lipinski definition) is 8. The highest BCUT2D eigenvalue weighted by molar-refractivity contribution is 5.82. The van der Waals surface area contributed by atoms with Crippen molar-refractivity contribution in [2.24, 2.45) is 0 Å². The van der Waals surface area contributed by atoms with Gasteiger partial charge in [0.25, 0.3) is 0 Å². The molecule has 1 aliphatic rings. The van der Waals surface area contributed by atoms with E-state index < -0.39 is 24.5 Å². The van der Waals surface area contributed by atoms with Crippen LogP contribution in [0.1, 0.15) is 13.2 Å². The van der Waals surface area contributed by atoms with Crippen molar-refractivity contribution in [1.82, 2.24) is 19.5 Å². The molecule has 23 heavy (non-hydrogen) atoms. The standard InChI is InChI=1S/C14H19N5O4/c1-3-7(2)18-12-9-13(16-5-15-12)19(6-17-9)14-11(22)10(21)8(4-20)23-14/h3,5-8,10-11,14,20-22H,1,4H2,2H3,(H,15,16,18)/t7?,8-,10-,11-,14-/m1/s1. The maximum atomic E-state index is 10.1. The van der Waals surface area contributed by atoms with Gasteiger partial charge in [-0.15, -0.1) is 6.58 Å². The van der Waals surface area contributed by atoms with Crippen molar-refractivity contribution in [2.45, 2.75) is 37.5 Å². The van der Waals surface area contributed by atoms with E-state index in [2.05, 4.69) is 26.8 Å². The number of nitrogens with zero attached hydrogens (tertiary/aromatic N) is 4. The maximum absolute atomic E-state index is 10.1. The van der Waals surface area contributed by atoms with Crippen LogP contribution >= 0.6 is 0 Å². The molecule has 0 amide bonds. The van der Waals surface area contributed by atoms with E-state index in [1.165, 1.54) is 17.2 Å². The highest BCUT2D eigenvalue weighted by Crippen LogP contribution is 2.32. The lowest BCUT2D eigenvalue weighted by Gasteiger charge is -2.16. The Labute approximate surface area is 132 Å². The van der Waals surface area contributed by atoms with Gasteiger partial charge in [-0.3, -0.25) is 4.57 Å². The Hall–Kier alpha value is -2.07. The van der Waals surface area contributed by atoms with Crippen LogP contribution in [-0.4, -0.2) is 65.8 Å². The fraction of sp³-hybridized carbons (Fsp3) is 0.500. The third-order valence-corrected chi connectivity index (χ3v) is 3.87. The summed E-state index contributed by atoms with van der Waals surface area (Å²) in [6, 6.07) is -0.00726. The first-order valence-corrected chi connectivity index (χ1v) is 7.26. The van der Waals surface area contributed by atoms with E-state index >= 15 is 0 Å². The van der Waals surface area contributed by atoms with Crippen molar-refractivity contribution in [3.63, 3.8) is 0 Å². The second-order valence-corrected chi connectivity index (χ2v) is 5.44. The van der Waals surface area contributed by atoms with Gasteiger partial charge in [0.2, 0.25) is 0 Å². The quantitative estimate of drug-likeness (QED) is 0.539. The van der Waals surface area contributed by atoms with E-state index in [4.69, 9.17) is 4.74 Å². The molecule has 9 heteroatoms. The highest BCUT2D eigenvalue weighted by Gasteiger charge is 2.44. The molecule has 3 heterocycles. The lowest BCUT2D eigenvalue weighted by molar-refractivity contribution is -0.0511. The number of fused-ring (bicyclic) bond motifs is 1. The monoisotopic (exact) mass is 321 g/mol. The van der Waals surface area contributed by atoms with Crippen molar-refractivity contribution in [3.8, 4) is 0 Å². The van der Waals surface area contributed by atoms with Gasteiger partial charge < -0.3 is 25.4 Å². The average molecular weight is 321 g/mol. The van der Waals surface area contributed by atoms with Crippen LogP contribution < -0.4 is 5.32 Å². The van der Waals surface area contributed by atoms with Gasteiger partial charge in [-0.25, -0.2) is 15.0 Å². The van der Waals surface area contributed by atoms with E-state index in [9.17, 15) is 15.3 Å². The number of nitrogens with one attached hydrogen (secondary N) is 1. The summed E-state index contributed by atoms with van der Waals surface area (Å²) < 4.78 is 7.02. The van der Waals surface area contributed by atoms with Crippen LogP contribution in [0.3, 0.4) is 0 Å². The minimum Gasteiger partial charge on any atom is -0.394 e. The Morgan fingerprint density at radius 1 is 1.39 bits per heavy atom. The molecule has 2 aromatic heterocycles. The predicted octanol–water partition coefficient (Wildman–Crippen LogP) is -0.576. The average Bonchev–Trinajstić information content (AvgIpc) is 3.10. The van der Waals surface area contributed by atoms with Crippen LogP contribution in [0.2, 0.25) is 0 Å². The molecule has 1 aliphatic heterocycles. The molecule has 1 saturated heterocycles. The molecule has 3 rings (SSSR count). The van der Waals surface area contributed by atoms with Crippen molar-refractivity contribution in [3.05, 3.63) is 25.3 Å². The van der Waals surface area contributed by atoms with Gasteiger partial charge in [0.1, 0.15) is 24.6 Å². The number of rotatable bonds is 5. The molecule has 4 N–H and O–H groups in total. The summed E-state index contributed by atoms with van der Waals surface area (Å²) in [5, 5.41) is 32.3. The van der Waals surface area contributed by atoms with Crippen molar-refractivity contribution in [1.29, 1.82) is 0 Å². The Morgan fingerprint density at radius 2 is 2.17 bits per heavy atom. The number of anilines is 1. The minimum atomic E-state index is -1.19. The second-order valence-electron chi connectivity index (χ2n) is 5.44. The number of aliphatic hydroxyl groups is 3. The van der Waals surface area contributed by atoms with Gasteiger partial charge >= 0.3 is 0 Å². The summed E-state index contributed by atoms with van der Waals surface area (Å²) in [5.41, 5.74) is 0.965. The summed E-state index contributed by atoms with van der Waals surface area (Å²) in [7, 11) is 0. The number of aliphatic hydroxyl groups excluding tert-OH is 3. The molecule has 0 bridgehead atoms. The zero-order valence-corrected chi connectivity index (χ0v) is 12.6. The largest absolute Gasteiger partial charge is 0.394 e. The van der Waals surface area contributed by atoms with Crippen molar-refractivity contribution >= 4 is 17.0 Å². The molecule has 1 unspecified atom stereocenters. The van der Waals surface area contributed by atoms with Crippen LogP contribution in [0.4, 0.5) is 5.82 Å². The Morgan fingerprint density at radius 3 is 2.83 bits per heavy atom. The molecule has 2 aromatic rings. The van der Waals surface area contributed by atoms with Crippen LogP contribution in [0.25, 0.3) is 11.2 Å². The van der Waals surface area contributed by atoms with Gasteiger partial charge in [-0.1, -0.05) is 6.08 Å². The zero-order valence-electron chi connectivity index (χ0n) is 12.6. The molecule has 0 spiro atoms. The first-order chi connectivity index (χ1) is 11.1. The van der Waals surface area contributed by atoms with E-state index in [0.717, 1.165) is 0 Å². The number of imidazole rings is 1. The molecule has 0 saturated carbocycles. The topological polar surface area (TPSA) is 126 Å². The van der Waals surface area contributed by atoms with Crippen LogP contribution in [0, 0.1) is 0 Å². The fourth-order valence-electron chi connectivity index (χ4n) is 2.53. The smallest absolute Gasteiger partial charge is 0.167 e. The molecule has 5 atom stereocenters. The van der Waals surface area contributed by atoms with E-state index in [-0.39, 0.29) is 12.6 Å². The van der Waals surface area contributed by atoms with Gasteiger partial charge in [0.05, 0.1) is 12.9 Å². The Bertz CT molecular complexity index is 706. The SMILES string of the molecule is C=CC(C)Nc1ncnc2c1ncn2[C@@H]1O[C@H](CO)[C@@H](O)[C@H]1O. The summed E-state index contributed by atoms with van der Waals surface area (Å²) in [6.45, 7) is 5.24. The Balaban J connectivity index is 1.97. The van der Waals surface area contributed by atoms with Gasteiger partial charge in [-0.2, -0.15) is 0 Å². The number of hydrogen-bond donors (Lipinski definition) is 4. The maximum Gasteiger partial charge on any atom is 0.167 e. The van der Waals surface area contributed by atoms with Gasteiger partial charge in [0.15, 0.2) is 23.2 Å². The molecule has 1 fully saturated rings. The Kier molecular flexibility index (Phi) is 4.26. The predicted molar refractivity (Wildman–Crippen MR) is 81.6 cm³/mol. The number of ether oxygens (including phenoxy) is 1. The second kappa shape index (κ2) is 6.20. The lowest BCUT2D eigenvalue weighted by Crippen LogP contribution is -2.33. The van der Waals surface area contributed by atoms with E-state index in [1.54, 1.807) is 6.08 Å². The molecular formula is C14H19N5O4. The first kappa shape index (κ1) is 15.8. The van der Waals surface area contributed by atoms with Crippen LogP contribution in [-0.2, 0) is 4.74 Å². The van der Waals surface area contributed by atoms with E-state index in [0.29, 0.717) is 17.0 Å². The molecule has 0 aromatic carbocycles. The molecule has 0 aliphatic carbocycles. The van der Waals surface area contributed by atoms with Crippen LogP contribution in [0.5, 0.6) is 0 Å². The van der Waals surface area contributed by atoms with E-state index in [1.807, 2.05) is 6.92 Å². The van der Waals surface area contributed by atoms with Gasteiger partial charge in [-0.05, 0) is 6.92 Å². The van der Waals surface area contributed by atoms with Crippen molar-refractivity contribution < 1.29 is 20.1 Å². The van der Waals surface area contributed by atoms with Crippen LogP contribution in [0.15, 0.2) is 25.3 Å². The molecule has 0 radical (unpaired) electrons. The fourth-order valence-corrected chi connectivity index (χ4v) is 2.53. The third-order valence-electron chi connectivity index (χ3n) is 3.87. The molecular weight excluding hydrogens is 302 g/mol. The lowest BCUT2D eigenvalue weighted by atomic mass is 10.1. The summed E-state index contributed by atoms with van der Waals surface area (Å²) >= 11 is 0. The van der Waals surface area contributed by atoms with Crippen molar-refractivity contribution in [2.75, 3.05) is 11.9 Å². The summed E-state index contributed by atoms with van der Waals surface area (Å²) in [6.07, 6.45) is 0.463.